The van der Waals surface area contributed by atoms with Crippen molar-refractivity contribution in [1.29, 1.82) is 0 Å². The van der Waals surface area contributed by atoms with Crippen LogP contribution in [0.1, 0.15) is 21.6 Å². The molecule has 1 aromatic heterocycles. The van der Waals surface area contributed by atoms with Crippen LogP contribution >= 0.6 is 0 Å². The van der Waals surface area contributed by atoms with E-state index >= 15 is 0 Å². The van der Waals surface area contributed by atoms with Gasteiger partial charge in [0.25, 0.3) is 5.91 Å². The van der Waals surface area contributed by atoms with E-state index in [0.29, 0.717) is 24.2 Å². The molecule has 2 aromatic carbocycles. The third-order valence-electron chi connectivity index (χ3n) is 5.55. The Labute approximate surface area is 182 Å². The summed E-state index contributed by atoms with van der Waals surface area (Å²) >= 11 is 0. The number of para-hydroxylation sites is 1. The van der Waals surface area contributed by atoms with Crippen molar-refractivity contribution in [1.82, 2.24) is 15.2 Å². The molecule has 0 saturated carbocycles. The molecule has 5 nitrogen and oxygen atoms in total. The van der Waals surface area contributed by atoms with E-state index in [1.807, 2.05) is 54.6 Å². The largest absolute Gasteiger partial charge is 0.367 e. The molecule has 0 unspecified atom stereocenters. The topological polar surface area (TPSA) is 48.5 Å². The molecule has 160 valence electrons. The van der Waals surface area contributed by atoms with Crippen LogP contribution in [0, 0.1) is 5.82 Å². The van der Waals surface area contributed by atoms with E-state index in [0.717, 1.165) is 44.0 Å². The molecule has 31 heavy (non-hydrogen) atoms. The van der Waals surface area contributed by atoms with Crippen LogP contribution in [0.15, 0.2) is 72.9 Å². The third-order valence-corrected chi connectivity index (χ3v) is 5.55. The molecular weight excluding hydrogens is 391 g/mol. The van der Waals surface area contributed by atoms with E-state index in [1.165, 1.54) is 6.07 Å². The van der Waals surface area contributed by atoms with Gasteiger partial charge in [-0.2, -0.15) is 0 Å². The van der Waals surface area contributed by atoms with Gasteiger partial charge in [0.2, 0.25) is 0 Å². The lowest BCUT2D eigenvalue weighted by molar-refractivity contribution is 0.0954. The fourth-order valence-electron chi connectivity index (χ4n) is 3.88. The fraction of sp³-hybridized carbons (Fsp3) is 0.280. The summed E-state index contributed by atoms with van der Waals surface area (Å²) in [4.78, 5) is 21.2. The monoisotopic (exact) mass is 418 g/mol. The Kier molecular flexibility index (Phi) is 6.89. The van der Waals surface area contributed by atoms with Crippen molar-refractivity contribution < 1.29 is 9.18 Å². The van der Waals surface area contributed by atoms with Crippen molar-refractivity contribution in [2.24, 2.45) is 0 Å². The first kappa shape index (κ1) is 21.0. The first-order chi connectivity index (χ1) is 15.2. The zero-order chi connectivity index (χ0) is 21.5. The first-order valence-corrected chi connectivity index (χ1v) is 10.7. The Morgan fingerprint density at radius 2 is 1.77 bits per heavy atom. The Balaban J connectivity index is 1.28. The van der Waals surface area contributed by atoms with Gasteiger partial charge in [0.1, 0.15) is 5.82 Å². The second kappa shape index (κ2) is 10.2. The Morgan fingerprint density at radius 1 is 0.968 bits per heavy atom. The number of aromatic nitrogens is 1. The van der Waals surface area contributed by atoms with Crippen molar-refractivity contribution in [3.8, 4) is 0 Å². The summed E-state index contributed by atoms with van der Waals surface area (Å²) in [7, 11) is 0. The molecule has 0 atom stereocenters. The summed E-state index contributed by atoms with van der Waals surface area (Å²) in [5.74, 6) is -0.236. The Bertz CT molecular complexity index is 1000. The number of rotatable bonds is 7. The minimum absolute atomic E-state index is 0.0675. The summed E-state index contributed by atoms with van der Waals surface area (Å²) in [6.45, 7) is 4.62. The minimum Gasteiger partial charge on any atom is -0.367 e. The number of anilines is 1. The molecule has 4 rings (SSSR count). The van der Waals surface area contributed by atoms with Gasteiger partial charge in [-0.15, -0.1) is 0 Å². The number of pyridine rings is 1. The predicted molar refractivity (Wildman–Crippen MR) is 121 cm³/mol. The predicted octanol–water partition coefficient (Wildman–Crippen LogP) is 3.52. The number of hydrogen-bond acceptors (Lipinski definition) is 4. The number of piperazine rings is 1. The van der Waals surface area contributed by atoms with Crippen molar-refractivity contribution in [3.63, 3.8) is 0 Å². The van der Waals surface area contributed by atoms with Gasteiger partial charge in [0.15, 0.2) is 0 Å². The Hall–Kier alpha value is -3.25. The SMILES string of the molecule is O=C(NCCc1ccccn1)c1cccc(CN2CCN(c3ccccc3F)CC2)c1. The van der Waals surface area contributed by atoms with Crippen LogP contribution in [0.5, 0.6) is 0 Å². The molecular formula is C25H27FN4O. The van der Waals surface area contributed by atoms with Crippen LogP contribution in [-0.2, 0) is 13.0 Å². The zero-order valence-electron chi connectivity index (χ0n) is 17.5. The van der Waals surface area contributed by atoms with Crippen molar-refractivity contribution in [2.75, 3.05) is 37.6 Å². The minimum atomic E-state index is -0.169. The van der Waals surface area contributed by atoms with E-state index in [4.69, 9.17) is 0 Å². The van der Waals surface area contributed by atoms with Crippen LogP contribution in [0.25, 0.3) is 0 Å². The molecule has 0 bridgehead atoms. The molecule has 1 amide bonds. The molecule has 6 heteroatoms. The van der Waals surface area contributed by atoms with Crippen LogP contribution in [0.3, 0.4) is 0 Å². The van der Waals surface area contributed by atoms with Crippen LogP contribution in [-0.4, -0.2) is 48.5 Å². The highest BCUT2D eigenvalue weighted by Gasteiger charge is 2.19. The molecule has 0 aliphatic carbocycles. The quantitative estimate of drug-likeness (QED) is 0.638. The maximum absolute atomic E-state index is 14.0. The van der Waals surface area contributed by atoms with Gasteiger partial charge < -0.3 is 10.2 Å². The van der Waals surface area contributed by atoms with E-state index in [1.54, 1.807) is 12.3 Å². The molecule has 1 N–H and O–H groups in total. The Morgan fingerprint density at radius 3 is 2.55 bits per heavy atom. The van der Waals surface area contributed by atoms with E-state index in [-0.39, 0.29) is 11.7 Å². The highest BCUT2D eigenvalue weighted by atomic mass is 19.1. The normalized spacial score (nSPS) is 14.4. The van der Waals surface area contributed by atoms with Gasteiger partial charge in [-0.1, -0.05) is 30.3 Å². The maximum atomic E-state index is 14.0. The van der Waals surface area contributed by atoms with Gasteiger partial charge >= 0.3 is 0 Å². The van der Waals surface area contributed by atoms with Gasteiger partial charge in [-0.3, -0.25) is 14.7 Å². The summed E-state index contributed by atoms with van der Waals surface area (Å²) in [6, 6.07) is 20.5. The number of carbonyl (C=O) groups is 1. The summed E-state index contributed by atoms with van der Waals surface area (Å²) in [5, 5.41) is 2.97. The second-order valence-corrected chi connectivity index (χ2v) is 7.74. The van der Waals surface area contributed by atoms with Gasteiger partial charge in [-0.25, -0.2) is 4.39 Å². The fourth-order valence-corrected chi connectivity index (χ4v) is 3.88. The van der Waals surface area contributed by atoms with Gasteiger partial charge in [-0.05, 0) is 42.0 Å². The molecule has 1 aliphatic rings. The van der Waals surface area contributed by atoms with Crippen LogP contribution in [0.2, 0.25) is 0 Å². The number of nitrogens with one attached hydrogen (secondary N) is 1. The van der Waals surface area contributed by atoms with Crippen molar-refractivity contribution >= 4 is 11.6 Å². The maximum Gasteiger partial charge on any atom is 0.251 e. The lowest BCUT2D eigenvalue weighted by Crippen LogP contribution is -2.46. The van der Waals surface area contributed by atoms with Crippen molar-refractivity contribution in [3.05, 3.63) is 95.6 Å². The number of nitrogens with zero attached hydrogens (tertiary/aromatic N) is 3. The summed E-state index contributed by atoms with van der Waals surface area (Å²) in [5.41, 5.74) is 3.41. The highest BCUT2D eigenvalue weighted by molar-refractivity contribution is 5.94. The lowest BCUT2D eigenvalue weighted by Gasteiger charge is -2.36. The smallest absolute Gasteiger partial charge is 0.251 e. The highest BCUT2D eigenvalue weighted by Crippen LogP contribution is 2.21. The van der Waals surface area contributed by atoms with E-state index in [9.17, 15) is 9.18 Å². The lowest BCUT2D eigenvalue weighted by atomic mass is 10.1. The number of halogens is 1. The van der Waals surface area contributed by atoms with Gasteiger partial charge in [0, 0.05) is 63.1 Å². The molecule has 1 aliphatic heterocycles. The average Bonchev–Trinajstić information content (AvgIpc) is 2.81. The molecule has 1 fully saturated rings. The van der Waals surface area contributed by atoms with E-state index in [2.05, 4.69) is 20.1 Å². The first-order valence-electron chi connectivity index (χ1n) is 10.7. The third kappa shape index (κ3) is 5.67. The molecule has 2 heterocycles. The second-order valence-electron chi connectivity index (χ2n) is 7.74. The zero-order valence-corrected chi connectivity index (χ0v) is 17.5. The number of hydrogen-bond donors (Lipinski definition) is 1. The number of benzene rings is 2. The standard InChI is InChI=1S/C25H27FN4O/c26-23-9-1-2-10-24(23)30-16-14-29(15-17-30)19-20-6-5-7-21(18-20)25(31)28-13-11-22-8-3-4-12-27-22/h1-10,12,18H,11,13-17,19H2,(H,28,31). The van der Waals surface area contributed by atoms with Crippen LogP contribution < -0.4 is 10.2 Å². The van der Waals surface area contributed by atoms with Crippen molar-refractivity contribution in [2.45, 2.75) is 13.0 Å². The molecule has 3 aromatic rings. The van der Waals surface area contributed by atoms with Gasteiger partial charge in [0.05, 0.1) is 5.69 Å². The molecule has 1 saturated heterocycles. The van der Waals surface area contributed by atoms with E-state index < -0.39 is 0 Å². The molecule has 0 radical (unpaired) electrons. The summed E-state index contributed by atoms with van der Waals surface area (Å²) < 4.78 is 14.0. The van der Waals surface area contributed by atoms with Crippen LogP contribution in [0.4, 0.5) is 10.1 Å². The number of amides is 1. The average molecular weight is 419 g/mol. The number of carbonyl (C=O) groups excluding carboxylic acids is 1. The molecule has 0 spiro atoms. The summed E-state index contributed by atoms with van der Waals surface area (Å²) in [6.07, 6.45) is 2.47.